The third-order valence-corrected chi connectivity index (χ3v) is 6.97. The number of nitrogens with one attached hydrogen (secondary N) is 1. The molecular formula is C23H24N4O2S. The number of carbonyl (C=O) groups excluding carboxylic acids is 2. The number of aromatic nitrogens is 2. The van der Waals surface area contributed by atoms with Crippen LogP contribution in [0.3, 0.4) is 0 Å². The fraction of sp³-hybridized carbons (Fsp3) is 0.348. The molecule has 2 amide bonds. The van der Waals surface area contributed by atoms with Gasteiger partial charge >= 0.3 is 0 Å². The molecule has 1 saturated heterocycles. The van der Waals surface area contributed by atoms with Crippen LogP contribution in [0.4, 0.5) is 0 Å². The van der Waals surface area contributed by atoms with Gasteiger partial charge in [0, 0.05) is 49.5 Å². The molecule has 7 heteroatoms. The Balaban J connectivity index is 1.25. The van der Waals surface area contributed by atoms with Gasteiger partial charge in [-0.25, -0.2) is 4.98 Å². The van der Waals surface area contributed by atoms with E-state index in [2.05, 4.69) is 22.1 Å². The number of hydrogen-bond acceptors (Lipinski definition) is 4. The van der Waals surface area contributed by atoms with E-state index in [1.165, 1.54) is 22.5 Å². The number of rotatable bonds is 3. The third kappa shape index (κ3) is 3.54. The first kappa shape index (κ1) is 19.1. The number of thiophene rings is 1. The van der Waals surface area contributed by atoms with Crippen molar-refractivity contribution in [2.45, 2.75) is 19.3 Å². The van der Waals surface area contributed by atoms with E-state index >= 15 is 0 Å². The molecule has 1 N–H and O–H groups in total. The molecule has 0 saturated carbocycles. The number of aromatic amines is 1. The maximum absolute atomic E-state index is 13.2. The van der Waals surface area contributed by atoms with E-state index in [0.29, 0.717) is 19.6 Å². The fourth-order valence-corrected chi connectivity index (χ4v) is 5.20. The van der Waals surface area contributed by atoms with Crippen molar-refractivity contribution in [1.29, 1.82) is 0 Å². The van der Waals surface area contributed by atoms with E-state index in [9.17, 15) is 9.59 Å². The molecule has 1 atom stereocenters. The summed E-state index contributed by atoms with van der Waals surface area (Å²) in [5.74, 6) is 0.126. The highest BCUT2D eigenvalue weighted by atomic mass is 32.1. The summed E-state index contributed by atoms with van der Waals surface area (Å²) in [6, 6.07) is 7.78. The summed E-state index contributed by atoms with van der Waals surface area (Å²) in [7, 11) is 0. The average molecular weight is 421 g/mol. The Hall–Kier alpha value is -2.93. The Bertz CT molecular complexity index is 1100. The quantitative estimate of drug-likeness (QED) is 0.701. The normalized spacial score (nSPS) is 19.7. The second kappa shape index (κ2) is 8.07. The molecular weight excluding hydrogens is 396 g/mol. The Morgan fingerprint density at radius 1 is 1.17 bits per heavy atom. The summed E-state index contributed by atoms with van der Waals surface area (Å²) < 4.78 is 0. The molecule has 0 aromatic carbocycles. The molecule has 0 radical (unpaired) electrons. The first-order chi connectivity index (χ1) is 14.7. The van der Waals surface area contributed by atoms with Crippen LogP contribution in [0.1, 0.15) is 34.5 Å². The maximum atomic E-state index is 13.2. The minimum absolute atomic E-state index is 0.0521. The number of hydrogen-bond donors (Lipinski definition) is 1. The Morgan fingerprint density at radius 3 is 2.90 bits per heavy atom. The Kier molecular flexibility index (Phi) is 5.12. The van der Waals surface area contributed by atoms with Crippen LogP contribution in [-0.2, 0) is 4.79 Å². The van der Waals surface area contributed by atoms with Gasteiger partial charge < -0.3 is 14.8 Å². The monoisotopic (exact) mass is 420 g/mol. The number of piperidine rings is 1. The summed E-state index contributed by atoms with van der Waals surface area (Å²) in [5, 5.41) is 3.04. The van der Waals surface area contributed by atoms with Gasteiger partial charge in [-0.3, -0.25) is 9.59 Å². The van der Waals surface area contributed by atoms with Gasteiger partial charge in [-0.15, -0.1) is 11.3 Å². The SMILES string of the molecule is O=C(c1cccs1)N1CCC[C@@H](C(=O)N2CC=C(c3c[nH]c4ncccc34)CC2)C1. The van der Waals surface area contributed by atoms with Crippen molar-refractivity contribution in [2.75, 3.05) is 26.2 Å². The van der Waals surface area contributed by atoms with Crippen LogP contribution in [0.5, 0.6) is 0 Å². The van der Waals surface area contributed by atoms with Crippen LogP contribution in [-0.4, -0.2) is 57.8 Å². The van der Waals surface area contributed by atoms with Gasteiger partial charge in [0.05, 0.1) is 10.8 Å². The molecule has 30 heavy (non-hydrogen) atoms. The zero-order valence-corrected chi connectivity index (χ0v) is 17.5. The lowest BCUT2D eigenvalue weighted by atomic mass is 9.94. The van der Waals surface area contributed by atoms with Crippen molar-refractivity contribution in [3.8, 4) is 0 Å². The van der Waals surface area contributed by atoms with Gasteiger partial charge in [0.25, 0.3) is 5.91 Å². The highest BCUT2D eigenvalue weighted by Gasteiger charge is 2.32. The van der Waals surface area contributed by atoms with Gasteiger partial charge in [-0.05, 0) is 48.4 Å². The van der Waals surface area contributed by atoms with Crippen LogP contribution in [0.15, 0.2) is 48.1 Å². The van der Waals surface area contributed by atoms with Gasteiger partial charge in [0.1, 0.15) is 5.65 Å². The molecule has 0 unspecified atom stereocenters. The van der Waals surface area contributed by atoms with Crippen molar-refractivity contribution in [1.82, 2.24) is 19.8 Å². The van der Waals surface area contributed by atoms with E-state index < -0.39 is 0 Å². The molecule has 3 aromatic rings. The molecule has 154 valence electrons. The summed E-state index contributed by atoms with van der Waals surface area (Å²) >= 11 is 1.46. The van der Waals surface area contributed by atoms with Crippen LogP contribution in [0, 0.1) is 5.92 Å². The zero-order chi connectivity index (χ0) is 20.5. The number of pyridine rings is 1. The standard InChI is InChI=1S/C23H24N4O2S/c28-22(17-4-2-10-27(15-17)23(29)20-6-3-13-30-20)26-11-7-16(8-12-26)19-14-25-21-18(19)5-1-9-24-21/h1,3,5-7,9,13-14,17H,2,4,8,10-12,15H2,(H,24,25)/t17-/m1/s1. The third-order valence-electron chi connectivity index (χ3n) is 6.11. The van der Waals surface area contributed by atoms with E-state index in [0.717, 1.165) is 41.7 Å². The topological polar surface area (TPSA) is 69.3 Å². The minimum atomic E-state index is -0.102. The lowest BCUT2D eigenvalue weighted by Gasteiger charge is -2.36. The molecule has 2 aliphatic rings. The van der Waals surface area contributed by atoms with Crippen molar-refractivity contribution in [3.63, 3.8) is 0 Å². The van der Waals surface area contributed by atoms with E-state index in [4.69, 9.17) is 0 Å². The second-order valence-corrected chi connectivity index (χ2v) is 8.88. The maximum Gasteiger partial charge on any atom is 0.263 e. The summed E-state index contributed by atoms with van der Waals surface area (Å²) in [6.45, 7) is 2.60. The number of fused-ring (bicyclic) bond motifs is 1. The predicted molar refractivity (Wildman–Crippen MR) is 118 cm³/mol. The molecule has 5 rings (SSSR count). The van der Waals surface area contributed by atoms with Crippen LogP contribution in [0.25, 0.3) is 16.6 Å². The van der Waals surface area contributed by atoms with Crippen molar-refractivity contribution in [2.24, 2.45) is 5.92 Å². The first-order valence-electron chi connectivity index (χ1n) is 10.4. The summed E-state index contributed by atoms with van der Waals surface area (Å²) in [4.78, 5) is 38.0. The van der Waals surface area contributed by atoms with Crippen LogP contribution < -0.4 is 0 Å². The molecule has 0 aliphatic carbocycles. The molecule has 2 aliphatic heterocycles. The predicted octanol–water partition coefficient (Wildman–Crippen LogP) is 3.79. The van der Waals surface area contributed by atoms with Gasteiger partial charge in [-0.2, -0.15) is 0 Å². The van der Waals surface area contributed by atoms with Crippen molar-refractivity contribution < 1.29 is 9.59 Å². The smallest absolute Gasteiger partial charge is 0.263 e. The van der Waals surface area contributed by atoms with E-state index in [1.54, 1.807) is 6.20 Å². The Labute approximate surface area is 179 Å². The number of H-pyrrole nitrogens is 1. The lowest BCUT2D eigenvalue weighted by Crippen LogP contribution is -2.47. The van der Waals surface area contributed by atoms with Gasteiger partial charge in [0.15, 0.2) is 0 Å². The molecule has 0 bridgehead atoms. The fourth-order valence-electron chi connectivity index (χ4n) is 4.51. The average Bonchev–Trinajstić information content (AvgIpc) is 3.49. The van der Waals surface area contributed by atoms with Gasteiger partial charge in [-0.1, -0.05) is 12.1 Å². The highest BCUT2D eigenvalue weighted by molar-refractivity contribution is 7.12. The lowest BCUT2D eigenvalue weighted by molar-refractivity contribution is -0.136. The number of carbonyl (C=O) groups is 2. The minimum Gasteiger partial charge on any atom is -0.346 e. The van der Waals surface area contributed by atoms with Gasteiger partial charge in [0.2, 0.25) is 5.91 Å². The first-order valence-corrected chi connectivity index (χ1v) is 11.3. The molecule has 1 fully saturated rings. The van der Waals surface area contributed by atoms with Crippen LogP contribution >= 0.6 is 11.3 Å². The molecule has 5 heterocycles. The number of amides is 2. The second-order valence-electron chi connectivity index (χ2n) is 7.93. The Morgan fingerprint density at radius 2 is 2.10 bits per heavy atom. The van der Waals surface area contributed by atoms with E-state index in [1.807, 2.05) is 39.6 Å². The zero-order valence-electron chi connectivity index (χ0n) is 16.7. The van der Waals surface area contributed by atoms with Crippen LogP contribution in [0.2, 0.25) is 0 Å². The van der Waals surface area contributed by atoms with E-state index in [-0.39, 0.29) is 17.7 Å². The number of nitrogens with zero attached hydrogens (tertiary/aromatic N) is 3. The molecule has 3 aromatic heterocycles. The summed E-state index contributed by atoms with van der Waals surface area (Å²) in [5.41, 5.74) is 3.33. The molecule has 6 nitrogen and oxygen atoms in total. The largest absolute Gasteiger partial charge is 0.346 e. The highest BCUT2D eigenvalue weighted by Crippen LogP contribution is 2.29. The number of likely N-dealkylation sites (tertiary alicyclic amines) is 1. The summed E-state index contributed by atoms with van der Waals surface area (Å²) in [6.07, 6.45) is 8.52. The van der Waals surface area contributed by atoms with Crippen molar-refractivity contribution >= 4 is 39.8 Å². The molecule has 0 spiro atoms. The van der Waals surface area contributed by atoms with Crippen molar-refractivity contribution in [3.05, 3.63) is 58.6 Å².